The smallest absolute Gasteiger partial charge is 0.309 e. The minimum atomic E-state index is -0.627. The Labute approximate surface area is 140 Å². The number of hydrogen-bond acceptors (Lipinski definition) is 5. The number of hydrogen-bond donors (Lipinski definition) is 0. The Morgan fingerprint density at radius 1 is 1.09 bits per heavy atom. The van der Waals surface area contributed by atoms with Gasteiger partial charge in [-0.3, -0.25) is 9.59 Å². The van der Waals surface area contributed by atoms with E-state index in [1.54, 1.807) is 13.8 Å². The third-order valence-corrected chi connectivity index (χ3v) is 3.89. The van der Waals surface area contributed by atoms with Crippen molar-refractivity contribution in [3.63, 3.8) is 0 Å². The summed E-state index contributed by atoms with van der Waals surface area (Å²) in [6.07, 6.45) is 5.33. The summed E-state index contributed by atoms with van der Waals surface area (Å²) in [7, 11) is 0. The average molecular weight is 325 g/mol. The van der Waals surface area contributed by atoms with E-state index in [-0.39, 0.29) is 19.6 Å². The second-order valence-electron chi connectivity index (χ2n) is 6.15. The maximum Gasteiger partial charge on any atom is 0.309 e. The molecular formula is C18H31NO4. The molecule has 0 aliphatic rings. The number of carbonyl (C=O) groups is 2. The van der Waals surface area contributed by atoms with E-state index in [9.17, 15) is 14.9 Å². The molecule has 2 unspecified atom stereocenters. The van der Waals surface area contributed by atoms with Gasteiger partial charge in [-0.1, -0.05) is 32.6 Å². The molecule has 0 spiro atoms. The molecule has 0 radical (unpaired) electrons. The normalized spacial score (nSPS) is 14.4. The highest BCUT2D eigenvalue weighted by Crippen LogP contribution is 2.33. The van der Waals surface area contributed by atoms with E-state index in [0.29, 0.717) is 6.42 Å². The van der Waals surface area contributed by atoms with Crippen LogP contribution in [0.15, 0.2) is 0 Å². The van der Waals surface area contributed by atoms with Gasteiger partial charge in [0.05, 0.1) is 37.0 Å². The molecule has 0 saturated heterocycles. The first-order valence-electron chi connectivity index (χ1n) is 8.65. The molecule has 0 amide bonds. The molecule has 0 aromatic heterocycles. The molecule has 0 fully saturated rings. The quantitative estimate of drug-likeness (QED) is 0.400. The number of nitrogens with zero attached hydrogens (tertiary/aromatic N) is 1. The molecule has 0 bridgehead atoms. The summed E-state index contributed by atoms with van der Waals surface area (Å²) >= 11 is 0. The van der Waals surface area contributed by atoms with Crippen molar-refractivity contribution in [1.29, 1.82) is 5.26 Å². The molecule has 132 valence electrons. The van der Waals surface area contributed by atoms with Crippen molar-refractivity contribution in [3.05, 3.63) is 0 Å². The van der Waals surface area contributed by atoms with Crippen LogP contribution in [0.5, 0.6) is 0 Å². The number of carbonyl (C=O) groups excluding carboxylic acids is 2. The first-order valence-corrected chi connectivity index (χ1v) is 8.65. The molecule has 23 heavy (non-hydrogen) atoms. The van der Waals surface area contributed by atoms with Crippen LogP contribution in [0, 0.1) is 22.7 Å². The Bertz CT molecular complexity index is 402. The van der Waals surface area contributed by atoms with Crippen LogP contribution < -0.4 is 0 Å². The Balaban J connectivity index is 4.82. The minimum Gasteiger partial charge on any atom is -0.466 e. The first kappa shape index (κ1) is 21.4. The van der Waals surface area contributed by atoms with Crippen molar-refractivity contribution in [2.24, 2.45) is 11.3 Å². The lowest BCUT2D eigenvalue weighted by Crippen LogP contribution is -2.28. The molecule has 0 aliphatic carbocycles. The Hall–Kier alpha value is -1.57. The summed E-state index contributed by atoms with van der Waals surface area (Å²) in [6.45, 7) is 7.99. The van der Waals surface area contributed by atoms with Crippen LogP contribution in [0.25, 0.3) is 0 Å². The summed E-state index contributed by atoms with van der Waals surface area (Å²) in [5.41, 5.74) is -0.627. The van der Waals surface area contributed by atoms with Crippen LogP contribution in [0.1, 0.15) is 72.6 Å². The highest BCUT2D eigenvalue weighted by Gasteiger charge is 2.34. The molecule has 0 N–H and O–H groups in total. The van der Waals surface area contributed by atoms with Crippen molar-refractivity contribution in [2.45, 2.75) is 72.6 Å². The van der Waals surface area contributed by atoms with E-state index >= 15 is 0 Å². The van der Waals surface area contributed by atoms with Gasteiger partial charge in [-0.25, -0.2) is 0 Å². The summed E-state index contributed by atoms with van der Waals surface area (Å²) in [6, 6.07) is 2.33. The lowest BCUT2D eigenvalue weighted by atomic mass is 9.77. The summed E-state index contributed by atoms with van der Waals surface area (Å²) in [5, 5.41) is 9.52. The number of nitriles is 1. The van der Waals surface area contributed by atoms with E-state index in [1.807, 2.05) is 6.92 Å². The predicted octanol–water partition coefficient (Wildman–Crippen LogP) is 4.01. The predicted molar refractivity (Wildman–Crippen MR) is 88.5 cm³/mol. The van der Waals surface area contributed by atoms with E-state index in [0.717, 1.165) is 32.1 Å². The standard InChI is InChI=1S/C18H31NO4/c1-5-8-9-10-11-18(4,14-19)13-15(17(21)23-7-3)12-16(20)22-6-2/h15H,5-13H2,1-4H3. The lowest BCUT2D eigenvalue weighted by Gasteiger charge is -2.26. The van der Waals surface area contributed by atoms with Gasteiger partial charge in [-0.2, -0.15) is 5.26 Å². The number of ether oxygens (including phenoxy) is 2. The summed E-state index contributed by atoms with van der Waals surface area (Å²) in [4.78, 5) is 23.8. The van der Waals surface area contributed by atoms with Crippen molar-refractivity contribution < 1.29 is 19.1 Å². The van der Waals surface area contributed by atoms with Crippen LogP contribution >= 0.6 is 0 Å². The zero-order valence-electron chi connectivity index (χ0n) is 15.0. The van der Waals surface area contributed by atoms with E-state index in [1.165, 1.54) is 0 Å². The molecule has 5 nitrogen and oxygen atoms in total. The molecule has 0 heterocycles. The molecule has 0 aliphatic heterocycles. The Morgan fingerprint density at radius 2 is 1.74 bits per heavy atom. The fraction of sp³-hybridized carbons (Fsp3) is 0.833. The van der Waals surface area contributed by atoms with Gasteiger partial charge in [0.25, 0.3) is 0 Å². The van der Waals surface area contributed by atoms with Gasteiger partial charge in [0.2, 0.25) is 0 Å². The van der Waals surface area contributed by atoms with Crippen LogP contribution in [-0.4, -0.2) is 25.2 Å². The van der Waals surface area contributed by atoms with Crippen LogP contribution in [0.4, 0.5) is 0 Å². The third-order valence-electron chi connectivity index (χ3n) is 3.89. The van der Waals surface area contributed by atoms with Gasteiger partial charge in [0, 0.05) is 0 Å². The van der Waals surface area contributed by atoms with Crippen molar-refractivity contribution >= 4 is 11.9 Å². The molecular weight excluding hydrogens is 294 g/mol. The SMILES string of the molecule is CCCCCCC(C)(C#N)CC(CC(=O)OCC)C(=O)OCC. The van der Waals surface area contributed by atoms with Crippen LogP contribution in [0.3, 0.4) is 0 Å². The average Bonchev–Trinajstić information content (AvgIpc) is 2.51. The second kappa shape index (κ2) is 11.9. The summed E-state index contributed by atoms with van der Waals surface area (Å²) < 4.78 is 9.99. The number of unbranched alkanes of at least 4 members (excludes halogenated alkanes) is 3. The third kappa shape index (κ3) is 9.22. The highest BCUT2D eigenvalue weighted by molar-refractivity contribution is 5.80. The maximum atomic E-state index is 12.1. The maximum absolute atomic E-state index is 12.1. The second-order valence-corrected chi connectivity index (χ2v) is 6.15. The zero-order valence-corrected chi connectivity index (χ0v) is 15.0. The van der Waals surface area contributed by atoms with Crippen molar-refractivity contribution in [1.82, 2.24) is 0 Å². The largest absolute Gasteiger partial charge is 0.466 e. The van der Waals surface area contributed by atoms with Gasteiger partial charge in [0.15, 0.2) is 0 Å². The first-order chi connectivity index (χ1) is 10.9. The van der Waals surface area contributed by atoms with E-state index in [2.05, 4.69) is 13.0 Å². The minimum absolute atomic E-state index is 0.0289. The van der Waals surface area contributed by atoms with E-state index in [4.69, 9.17) is 9.47 Å². The van der Waals surface area contributed by atoms with E-state index < -0.39 is 23.3 Å². The molecule has 0 aromatic rings. The monoisotopic (exact) mass is 325 g/mol. The number of esters is 2. The van der Waals surface area contributed by atoms with Gasteiger partial charge >= 0.3 is 11.9 Å². The van der Waals surface area contributed by atoms with Crippen molar-refractivity contribution in [2.75, 3.05) is 13.2 Å². The Kier molecular flexibility index (Phi) is 11.1. The van der Waals surface area contributed by atoms with Crippen molar-refractivity contribution in [3.8, 4) is 6.07 Å². The fourth-order valence-electron chi connectivity index (χ4n) is 2.61. The van der Waals surface area contributed by atoms with Crippen LogP contribution in [-0.2, 0) is 19.1 Å². The van der Waals surface area contributed by atoms with Gasteiger partial charge in [-0.05, 0) is 33.6 Å². The fourth-order valence-corrected chi connectivity index (χ4v) is 2.61. The molecule has 0 aromatic carbocycles. The molecule has 2 atom stereocenters. The lowest BCUT2D eigenvalue weighted by molar-refractivity contribution is -0.155. The highest BCUT2D eigenvalue weighted by atomic mass is 16.5. The van der Waals surface area contributed by atoms with Gasteiger partial charge in [-0.15, -0.1) is 0 Å². The molecule has 5 heteroatoms. The zero-order chi connectivity index (χ0) is 17.7. The topological polar surface area (TPSA) is 76.4 Å². The molecule has 0 saturated carbocycles. The Morgan fingerprint density at radius 3 is 2.26 bits per heavy atom. The van der Waals surface area contributed by atoms with Gasteiger partial charge in [0.1, 0.15) is 0 Å². The van der Waals surface area contributed by atoms with Gasteiger partial charge < -0.3 is 9.47 Å². The number of rotatable bonds is 12. The van der Waals surface area contributed by atoms with Crippen LogP contribution in [0.2, 0.25) is 0 Å². The molecule has 0 rings (SSSR count). The summed E-state index contributed by atoms with van der Waals surface area (Å²) in [5.74, 6) is -1.46.